The lowest BCUT2D eigenvalue weighted by molar-refractivity contribution is -0.137. The van der Waals surface area contributed by atoms with Gasteiger partial charge in [0.25, 0.3) is 5.91 Å². The van der Waals surface area contributed by atoms with Gasteiger partial charge in [0.1, 0.15) is 5.69 Å². The number of benzene rings is 1. The van der Waals surface area contributed by atoms with Crippen LogP contribution in [0.2, 0.25) is 0 Å². The summed E-state index contributed by atoms with van der Waals surface area (Å²) < 4.78 is 40.4. The third-order valence-corrected chi connectivity index (χ3v) is 3.59. The molecular formula is C18H12F3N3O. The van der Waals surface area contributed by atoms with Crippen molar-refractivity contribution in [1.29, 1.82) is 0 Å². The summed E-state index contributed by atoms with van der Waals surface area (Å²) in [5, 5.41) is 6.65. The Morgan fingerprint density at radius 3 is 2.76 bits per heavy atom. The summed E-state index contributed by atoms with van der Waals surface area (Å²) in [5.41, 5.74) is 0.702. The van der Waals surface area contributed by atoms with Crippen LogP contribution in [0.3, 0.4) is 0 Å². The normalized spacial score (nSPS) is 11.3. The highest BCUT2D eigenvalue weighted by Gasteiger charge is 2.30. The molecule has 1 aromatic carbocycles. The zero-order valence-corrected chi connectivity index (χ0v) is 12.8. The maximum Gasteiger partial charge on any atom is 0.416 e. The van der Waals surface area contributed by atoms with Gasteiger partial charge in [-0.25, -0.2) is 4.52 Å². The Hall–Kier alpha value is -3.27. The van der Waals surface area contributed by atoms with E-state index in [-0.39, 0.29) is 12.2 Å². The van der Waals surface area contributed by atoms with Gasteiger partial charge in [-0.15, -0.1) is 6.42 Å². The van der Waals surface area contributed by atoms with E-state index in [9.17, 15) is 18.0 Å². The number of nitrogens with one attached hydrogen (secondary N) is 1. The molecule has 0 aliphatic heterocycles. The Morgan fingerprint density at radius 2 is 2.04 bits per heavy atom. The summed E-state index contributed by atoms with van der Waals surface area (Å²) in [6.07, 6.45) is 2.28. The number of carbonyl (C=O) groups excluding carboxylic acids is 1. The maximum atomic E-state index is 13.0. The van der Waals surface area contributed by atoms with Crippen molar-refractivity contribution in [2.24, 2.45) is 0 Å². The van der Waals surface area contributed by atoms with E-state index in [4.69, 9.17) is 6.42 Å². The molecule has 3 rings (SSSR count). The smallest absolute Gasteiger partial charge is 0.340 e. The number of rotatable bonds is 3. The first-order chi connectivity index (χ1) is 11.9. The molecule has 3 aromatic rings. The number of alkyl halides is 3. The second-order valence-electron chi connectivity index (χ2n) is 5.25. The molecule has 0 bridgehead atoms. The SMILES string of the molecule is C#CCNC(=O)c1cc(-c2cccc(C(F)(F)F)c2)c2cccn2n1. The van der Waals surface area contributed by atoms with E-state index in [0.717, 1.165) is 12.1 Å². The predicted molar refractivity (Wildman–Crippen MR) is 86.8 cm³/mol. The molecule has 0 aliphatic rings. The van der Waals surface area contributed by atoms with Gasteiger partial charge >= 0.3 is 6.18 Å². The highest BCUT2D eigenvalue weighted by Crippen LogP contribution is 2.33. The van der Waals surface area contributed by atoms with E-state index < -0.39 is 17.6 Å². The first-order valence-electron chi connectivity index (χ1n) is 7.28. The molecular weight excluding hydrogens is 331 g/mol. The summed E-state index contributed by atoms with van der Waals surface area (Å²) >= 11 is 0. The first kappa shape index (κ1) is 16.6. The van der Waals surface area contributed by atoms with Crippen molar-refractivity contribution in [1.82, 2.24) is 14.9 Å². The summed E-state index contributed by atoms with van der Waals surface area (Å²) in [4.78, 5) is 12.1. The highest BCUT2D eigenvalue weighted by atomic mass is 19.4. The lowest BCUT2D eigenvalue weighted by atomic mass is 10.0. The zero-order chi connectivity index (χ0) is 18.0. The third kappa shape index (κ3) is 3.33. The largest absolute Gasteiger partial charge is 0.416 e. The Labute approximate surface area is 141 Å². The van der Waals surface area contributed by atoms with Crippen LogP contribution in [0.15, 0.2) is 48.7 Å². The Kier molecular flexibility index (Phi) is 4.19. The van der Waals surface area contributed by atoms with Gasteiger partial charge in [-0.05, 0) is 35.9 Å². The van der Waals surface area contributed by atoms with Crippen molar-refractivity contribution >= 4 is 11.4 Å². The average Bonchev–Trinajstić information content (AvgIpc) is 3.06. The molecule has 25 heavy (non-hydrogen) atoms. The minimum absolute atomic E-state index is 0.0309. The van der Waals surface area contributed by atoms with Crippen LogP contribution in [-0.2, 0) is 6.18 Å². The van der Waals surface area contributed by atoms with Gasteiger partial charge in [-0.2, -0.15) is 18.3 Å². The van der Waals surface area contributed by atoms with Gasteiger partial charge in [0.05, 0.1) is 17.6 Å². The lowest BCUT2D eigenvalue weighted by Gasteiger charge is -2.11. The standard InChI is InChI=1S/C18H12F3N3O/c1-2-8-22-17(25)15-11-14(16-7-4-9-24(16)23-15)12-5-3-6-13(10-12)18(19,20)21/h1,3-7,9-11H,8H2,(H,22,25). The topological polar surface area (TPSA) is 46.4 Å². The van der Waals surface area contributed by atoms with Gasteiger partial charge in [0.2, 0.25) is 0 Å². The van der Waals surface area contributed by atoms with Gasteiger partial charge in [-0.1, -0.05) is 18.1 Å². The van der Waals surface area contributed by atoms with Crippen molar-refractivity contribution in [2.75, 3.05) is 6.54 Å². The molecule has 1 amide bonds. The minimum atomic E-state index is -4.45. The number of aromatic nitrogens is 2. The quantitative estimate of drug-likeness (QED) is 0.741. The lowest BCUT2D eigenvalue weighted by Crippen LogP contribution is -2.25. The van der Waals surface area contributed by atoms with Crippen LogP contribution in [0.4, 0.5) is 13.2 Å². The highest BCUT2D eigenvalue weighted by molar-refractivity contribution is 5.95. The molecule has 0 radical (unpaired) electrons. The fourth-order valence-electron chi connectivity index (χ4n) is 2.46. The number of terminal acetylenes is 1. The number of fused-ring (bicyclic) bond motifs is 1. The molecule has 7 heteroatoms. The van der Waals surface area contributed by atoms with Gasteiger partial charge in [0, 0.05) is 11.8 Å². The molecule has 126 valence electrons. The monoisotopic (exact) mass is 343 g/mol. The number of hydrogen-bond donors (Lipinski definition) is 1. The van der Waals surface area contributed by atoms with Crippen molar-refractivity contribution in [3.63, 3.8) is 0 Å². The summed E-state index contributed by atoms with van der Waals surface area (Å²) in [5.74, 6) is 1.78. The van der Waals surface area contributed by atoms with Crippen LogP contribution in [0.1, 0.15) is 16.1 Å². The summed E-state index contributed by atoms with van der Waals surface area (Å²) in [7, 11) is 0. The molecule has 2 aromatic heterocycles. The molecule has 2 heterocycles. The van der Waals surface area contributed by atoms with Crippen LogP contribution in [-0.4, -0.2) is 22.1 Å². The Balaban J connectivity index is 2.14. The minimum Gasteiger partial charge on any atom is -0.340 e. The van der Waals surface area contributed by atoms with Crippen molar-refractivity contribution in [3.05, 3.63) is 59.9 Å². The van der Waals surface area contributed by atoms with E-state index in [1.807, 2.05) is 0 Å². The van der Waals surface area contributed by atoms with E-state index in [0.29, 0.717) is 16.6 Å². The summed E-state index contributed by atoms with van der Waals surface area (Å²) in [6.45, 7) is 0.0309. The van der Waals surface area contributed by atoms with Gasteiger partial charge in [-0.3, -0.25) is 4.79 Å². The van der Waals surface area contributed by atoms with Gasteiger partial charge < -0.3 is 5.32 Å². The van der Waals surface area contributed by atoms with Crippen molar-refractivity contribution in [2.45, 2.75) is 6.18 Å². The number of carbonyl (C=O) groups is 1. The van der Waals surface area contributed by atoms with Crippen LogP contribution in [0.5, 0.6) is 0 Å². The molecule has 0 aliphatic carbocycles. The first-order valence-corrected chi connectivity index (χ1v) is 7.28. The maximum absolute atomic E-state index is 13.0. The molecule has 0 saturated heterocycles. The zero-order valence-electron chi connectivity index (χ0n) is 12.8. The molecule has 4 nitrogen and oxygen atoms in total. The molecule has 0 spiro atoms. The number of hydrogen-bond acceptors (Lipinski definition) is 2. The Morgan fingerprint density at radius 1 is 1.24 bits per heavy atom. The fourth-order valence-corrected chi connectivity index (χ4v) is 2.46. The second kappa shape index (κ2) is 6.32. The van der Waals surface area contributed by atoms with Crippen molar-refractivity contribution in [3.8, 4) is 23.5 Å². The van der Waals surface area contributed by atoms with Crippen LogP contribution < -0.4 is 5.32 Å². The number of halogens is 3. The number of amides is 1. The molecule has 0 unspecified atom stereocenters. The summed E-state index contributed by atoms with van der Waals surface area (Å²) in [6, 6.07) is 9.80. The molecule has 1 N–H and O–H groups in total. The van der Waals surface area contributed by atoms with Crippen LogP contribution >= 0.6 is 0 Å². The van der Waals surface area contributed by atoms with Crippen LogP contribution in [0, 0.1) is 12.3 Å². The van der Waals surface area contributed by atoms with Gasteiger partial charge in [0.15, 0.2) is 0 Å². The van der Waals surface area contributed by atoms with E-state index in [2.05, 4.69) is 16.3 Å². The molecule has 0 atom stereocenters. The predicted octanol–water partition coefficient (Wildman–Crippen LogP) is 3.38. The second-order valence-corrected chi connectivity index (χ2v) is 5.25. The van der Waals surface area contributed by atoms with E-state index in [1.165, 1.54) is 16.6 Å². The average molecular weight is 343 g/mol. The Bertz CT molecular complexity index is 983. The van der Waals surface area contributed by atoms with E-state index in [1.54, 1.807) is 24.4 Å². The molecule has 0 saturated carbocycles. The third-order valence-electron chi connectivity index (χ3n) is 3.59. The molecule has 0 fully saturated rings. The van der Waals surface area contributed by atoms with E-state index >= 15 is 0 Å². The van der Waals surface area contributed by atoms with Crippen LogP contribution in [0.25, 0.3) is 16.6 Å². The number of nitrogens with zero attached hydrogens (tertiary/aromatic N) is 2. The van der Waals surface area contributed by atoms with Crippen molar-refractivity contribution < 1.29 is 18.0 Å². The fraction of sp³-hybridized carbons (Fsp3) is 0.111.